The Bertz CT molecular complexity index is 1220. The van der Waals surface area contributed by atoms with Crippen LogP contribution in [0.5, 0.6) is 17.2 Å². The normalized spacial score (nSPS) is 12.4. The maximum atomic E-state index is 12.6. The number of allylic oxidation sites excluding steroid dienone is 1. The number of Topliss-reactive ketones (excluding diaryl/α,β-unsaturated/α-hetero) is 2. The fourth-order valence-corrected chi connectivity index (χ4v) is 3.66. The van der Waals surface area contributed by atoms with E-state index >= 15 is 0 Å². The Kier molecular flexibility index (Phi) is 6.18. The van der Waals surface area contributed by atoms with Gasteiger partial charge in [-0.25, -0.2) is 4.79 Å². The van der Waals surface area contributed by atoms with Gasteiger partial charge in [0.25, 0.3) is 0 Å². The first-order chi connectivity index (χ1) is 15.5. The summed E-state index contributed by atoms with van der Waals surface area (Å²) in [5.74, 6) is -0.229. The molecule has 0 radical (unpaired) electrons. The Morgan fingerprint density at radius 3 is 2.28 bits per heavy atom. The van der Waals surface area contributed by atoms with E-state index in [1.807, 2.05) is 6.07 Å². The third-order valence-corrected chi connectivity index (χ3v) is 5.27. The van der Waals surface area contributed by atoms with Crippen molar-refractivity contribution in [3.8, 4) is 17.2 Å². The largest absolute Gasteiger partial charge is 0.493 e. The van der Waals surface area contributed by atoms with Gasteiger partial charge in [-0.1, -0.05) is 52.3 Å². The lowest BCUT2D eigenvalue weighted by atomic mass is 10.1. The molecule has 6 nitrogen and oxygen atoms in total. The van der Waals surface area contributed by atoms with Gasteiger partial charge in [-0.3, -0.25) is 9.59 Å². The van der Waals surface area contributed by atoms with E-state index < -0.39 is 5.97 Å². The van der Waals surface area contributed by atoms with Crippen LogP contribution in [0.1, 0.15) is 26.3 Å². The molecule has 3 aromatic rings. The van der Waals surface area contributed by atoms with Crippen molar-refractivity contribution in [3.63, 3.8) is 0 Å². The highest BCUT2D eigenvalue weighted by Gasteiger charge is 2.32. The van der Waals surface area contributed by atoms with Gasteiger partial charge in [-0.2, -0.15) is 0 Å². The van der Waals surface area contributed by atoms with E-state index in [1.165, 1.54) is 13.2 Å². The average Bonchev–Trinajstić information content (AvgIpc) is 3.04. The highest BCUT2D eigenvalue weighted by molar-refractivity contribution is 9.10. The molecule has 160 valence electrons. The van der Waals surface area contributed by atoms with Gasteiger partial charge in [0.2, 0.25) is 0 Å². The number of ether oxygens (including phenoxy) is 3. The van der Waals surface area contributed by atoms with Gasteiger partial charge in [0.15, 0.2) is 29.7 Å². The number of ketones is 2. The molecular formula is C25H17BrO6. The average molecular weight is 493 g/mol. The van der Waals surface area contributed by atoms with Gasteiger partial charge in [0.05, 0.1) is 12.7 Å². The maximum Gasteiger partial charge on any atom is 0.349 e. The molecular weight excluding hydrogens is 476 g/mol. The lowest BCUT2D eigenvalue weighted by Crippen LogP contribution is -2.18. The first-order valence-corrected chi connectivity index (χ1v) is 10.4. The molecule has 0 atom stereocenters. The van der Waals surface area contributed by atoms with E-state index in [-0.39, 0.29) is 35.2 Å². The zero-order valence-electron chi connectivity index (χ0n) is 17.0. The van der Waals surface area contributed by atoms with Crippen molar-refractivity contribution in [1.82, 2.24) is 0 Å². The van der Waals surface area contributed by atoms with Crippen molar-refractivity contribution in [2.45, 2.75) is 0 Å². The van der Waals surface area contributed by atoms with Crippen LogP contribution in [-0.4, -0.2) is 31.3 Å². The number of fused-ring (bicyclic) bond motifs is 1. The second-order valence-corrected chi connectivity index (χ2v) is 7.81. The molecule has 1 aliphatic rings. The SMILES string of the molecule is COc1cc(C=C2C(=O)c3ccccc3C2=O)ccc1OC(=O)COc1cccc(Br)c1. The topological polar surface area (TPSA) is 78.9 Å². The van der Waals surface area contributed by atoms with Crippen LogP contribution in [0, 0.1) is 0 Å². The first-order valence-electron chi connectivity index (χ1n) is 9.63. The quantitative estimate of drug-likeness (QED) is 0.210. The van der Waals surface area contributed by atoms with Crippen LogP contribution in [0.4, 0.5) is 0 Å². The molecule has 7 heteroatoms. The Morgan fingerprint density at radius 2 is 1.62 bits per heavy atom. The van der Waals surface area contributed by atoms with Gasteiger partial charge in [0.1, 0.15) is 5.75 Å². The molecule has 0 aliphatic heterocycles. The fourth-order valence-electron chi connectivity index (χ4n) is 3.28. The molecule has 0 spiro atoms. The number of rotatable bonds is 6. The summed E-state index contributed by atoms with van der Waals surface area (Å²) in [5.41, 5.74) is 1.44. The molecule has 0 heterocycles. The van der Waals surface area contributed by atoms with Gasteiger partial charge in [0, 0.05) is 15.6 Å². The number of methoxy groups -OCH3 is 1. The summed E-state index contributed by atoms with van der Waals surface area (Å²) in [7, 11) is 1.43. The number of carbonyl (C=O) groups excluding carboxylic acids is 3. The minimum absolute atomic E-state index is 0.0837. The molecule has 1 aliphatic carbocycles. The first kappa shape index (κ1) is 21.5. The second-order valence-electron chi connectivity index (χ2n) is 6.89. The van der Waals surface area contributed by atoms with Crippen LogP contribution in [0.3, 0.4) is 0 Å². The van der Waals surface area contributed by atoms with E-state index in [1.54, 1.807) is 60.7 Å². The van der Waals surface area contributed by atoms with Crippen LogP contribution in [0.25, 0.3) is 6.08 Å². The van der Waals surface area contributed by atoms with Crippen LogP contribution in [0.15, 0.2) is 76.8 Å². The van der Waals surface area contributed by atoms with Crippen LogP contribution >= 0.6 is 15.9 Å². The third-order valence-electron chi connectivity index (χ3n) is 4.78. The summed E-state index contributed by atoms with van der Waals surface area (Å²) >= 11 is 3.34. The van der Waals surface area contributed by atoms with Crippen LogP contribution < -0.4 is 14.2 Å². The van der Waals surface area contributed by atoms with Crippen LogP contribution in [0.2, 0.25) is 0 Å². The molecule has 4 rings (SSSR count). The van der Waals surface area contributed by atoms with Crippen molar-refractivity contribution in [2.75, 3.05) is 13.7 Å². The summed E-state index contributed by atoms with van der Waals surface area (Å²) in [4.78, 5) is 37.4. The van der Waals surface area contributed by atoms with Crippen molar-refractivity contribution in [2.24, 2.45) is 0 Å². The summed E-state index contributed by atoms with van der Waals surface area (Å²) in [6.45, 7) is -0.285. The van der Waals surface area contributed by atoms with E-state index in [0.717, 1.165) is 4.47 Å². The molecule has 32 heavy (non-hydrogen) atoms. The van der Waals surface area contributed by atoms with Gasteiger partial charge >= 0.3 is 5.97 Å². The van der Waals surface area contributed by atoms with E-state index in [2.05, 4.69) is 15.9 Å². The summed E-state index contributed by atoms with van der Waals surface area (Å²) < 4.78 is 16.9. The second kappa shape index (κ2) is 9.20. The lowest BCUT2D eigenvalue weighted by molar-refractivity contribution is -0.136. The smallest absolute Gasteiger partial charge is 0.349 e. The van der Waals surface area contributed by atoms with E-state index in [0.29, 0.717) is 22.4 Å². The number of benzene rings is 3. The van der Waals surface area contributed by atoms with Crippen molar-refractivity contribution >= 4 is 39.5 Å². The molecule has 0 N–H and O–H groups in total. The lowest BCUT2D eigenvalue weighted by Gasteiger charge is -2.11. The van der Waals surface area contributed by atoms with Gasteiger partial charge < -0.3 is 14.2 Å². The van der Waals surface area contributed by atoms with Crippen molar-refractivity contribution in [1.29, 1.82) is 0 Å². The summed E-state index contributed by atoms with van der Waals surface area (Å²) in [6, 6.07) is 18.6. The molecule has 3 aromatic carbocycles. The monoisotopic (exact) mass is 492 g/mol. The minimum atomic E-state index is -0.606. The standard InChI is InChI=1S/C25H17BrO6/c1-30-22-12-15(11-20-24(28)18-7-2-3-8-19(18)25(20)29)9-10-21(22)32-23(27)14-31-17-6-4-5-16(26)13-17/h2-13H,14H2,1H3. The van der Waals surface area contributed by atoms with Crippen molar-refractivity contribution in [3.05, 3.63) is 93.5 Å². The highest BCUT2D eigenvalue weighted by Crippen LogP contribution is 2.32. The zero-order valence-corrected chi connectivity index (χ0v) is 18.5. The molecule has 0 bridgehead atoms. The Labute approximate surface area is 192 Å². The zero-order chi connectivity index (χ0) is 22.7. The van der Waals surface area contributed by atoms with E-state index in [9.17, 15) is 14.4 Å². The molecule has 0 saturated carbocycles. The molecule has 0 fully saturated rings. The predicted molar refractivity (Wildman–Crippen MR) is 121 cm³/mol. The highest BCUT2D eigenvalue weighted by atomic mass is 79.9. The van der Waals surface area contributed by atoms with Gasteiger partial charge in [-0.05, 0) is 42.0 Å². The summed E-state index contributed by atoms with van der Waals surface area (Å²) in [6.07, 6.45) is 1.51. The number of hydrogen-bond acceptors (Lipinski definition) is 6. The predicted octanol–water partition coefficient (Wildman–Crippen LogP) is 4.90. The van der Waals surface area contributed by atoms with E-state index in [4.69, 9.17) is 14.2 Å². The Morgan fingerprint density at radius 1 is 0.906 bits per heavy atom. The number of halogens is 1. The van der Waals surface area contributed by atoms with Crippen molar-refractivity contribution < 1.29 is 28.6 Å². The number of hydrogen-bond donors (Lipinski definition) is 0. The fraction of sp³-hybridized carbons (Fsp3) is 0.0800. The number of esters is 1. The van der Waals surface area contributed by atoms with Gasteiger partial charge in [-0.15, -0.1) is 0 Å². The molecule has 0 unspecified atom stereocenters. The Hall–Kier alpha value is -3.71. The molecule has 0 aromatic heterocycles. The van der Waals surface area contributed by atoms with Crippen LogP contribution in [-0.2, 0) is 4.79 Å². The molecule has 0 saturated heterocycles. The minimum Gasteiger partial charge on any atom is -0.493 e. The summed E-state index contributed by atoms with van der Waals surface area (Å²) in [5, 5.41) is 0. The number of carbonyl (C=O) groups is 3. The molecule has 0 amide bonds. The third kappa shape index (κ3) is 4.48. The maximum absolute atomic E-state index is 12.6. The Balaban J connectivity index is 1.49.